The highest BCUT2D eigenvalue weighted by molar-refractivity contribution is 6.31. The van der Waals surface area contributed by atoms with Crippen molar-refractivity contribution in [3.63, 3.8) is 0 Å². The van der Waals surface area contributed by atoms with Crippen LogP contribution in [0.15, 0.2) is 23.0 Å². The van der Waals surface area contributed by atoms with E-state index in [1.807, 2.05) is 18.7 Å². The van der Waals surface area contributed by atoms with Crippen LogP contribution in [0.25, 0.3) is 10.9 Å². The summed E-state index contributed by atoms with van der Waals surface area (Å²) in [6.45, 7) is 9.22. The number of amides is 1. The third-order valence-corrected chi connectivity index (χ3v) is 5.12. The number of carbonyl (C=O) groups excluding carboxylic acids is 1. The van der Waals surface area contributed by atoms with Gasteiger partial charge < -0.3 is 4.90 Å². The summed E-state index contributed by atoms with van der Waals surface area (Å²) in [6, 6.07) is 4.90. The van der Waals surface area contributed by atoms with Gasteiger partial charge in [-0.15, -0.1) is 0 Å². The second-order valence-electron chi connectivity index (χ2n) is 6.90. The number of benzene rings is 1. The highest BCUT2D eigenvalue weighted by Crippen LogP contribution is 2.23. The highest BCUT2D eigenvalue weighted by Gasteiger charge is 2.25. The molecule has 2 rings (SSSR count). The average Bonchev–Trinajstić information content (AvgIpc) is 2.66. The minimum Gasteiger partial charge on any atom is -0.333 e. The van der Waals surface area contributed by atoms with Crippen molar-refractivity contribution in [1.82, 2.24) is 14.5 Å². The summed E-state index contributed by atoms with van der Waals surface area (Å²) < 4.78 is 1.66. The third-order valence-electron chi connectivity index (χ3n) is 4.88. The van der Waals surface area contributed by atoms with Crippen molar-refractivity contribution in [2.75, 3.05) is 6.54 Å². The SMILES string of the molecule is CCCCCC(=O)N(CCC)C(C)c1nc2ccc(Cl)cc2c(=O)n1CC. The van der Waals surface area contributed by atoms with Gasteiger partial charge in [0.25, 0.3) is 5.56 Å². The van der Waals surface area contributed by atoms with Crippen LogP contribution in [0.1, 0.15) is 71.7 Å². The van der Waals surface area contributed by atoms with E-state index in [0.29, 0.717) is 41.3 Å². The fourth-order valence-corrected chi connectivity index (χ4v) is 3.59. The Morgan fingerprint density at radius 3 is 2.59 bits per heavy atom. The Hall–Kier alpha value is -1.88. The Morgan fingerprint density at radius 1 is 1.22 bits per heavy atom. The van der Waals surface area contributed by atoms with Gasteiger partial charge in [-0.1, -0.05) is 38.3 Å². The van der Waals surface area contributed by atoms with Gasteiger partial charge in [0.15, 0.2) is 0 Å². The molecule has 0 radical (unpaired) electrons. The molecule has 5 nitrogen and oxygen atoms in total. The van der Waals surface area contributed by atoms with Gasteiger partial charge in [-0.2, -0.15) is 0 Å². The number of fused-ring (bicyclic) bond motifs is 1. The lowest BCUT2D eigenvalue weighted by Crippen LogP contribution is -2.38. The van der Waals surface area contributed by atoms with E-state index in [-0.39, 0.29) is 17.5 Å². The Labute approximate surface area is 166 Å². The van der Waals surface area contributed by atoms with Gasteiger partial charge in [-0.05, 0) is 44.9 Å². The van der Waals surface area contributed by atoms with Crippen LogP contribution in [0.4, 0.5) is 0 Å². The molecule has 0 fully saturated rings. The van der Waals surface area contributed by atoms with Crippen LogP contribution in [-0.2, 0) is 11.3 Å². The van der Waals surface area contributed by atoms with E-state index in [0.717, 1.165) is 25.7 Å². The van der Waals surface area contributed by atoms with E-state index in [9.17, 15) is 9.59 Å². The molecule has 0 aliphatic carbocycles. The van der Waals surface area contributed by atoms with Crippen molar-refractivity contribution in [3.8, 4) is 0 Å². The van der Waals surface area contributed by atoms with Crippen LogP contribution in [0.5, 0.6) is 0 Å². The largest absolute Gasteiger partial charge is 0.333 e. The molecule has 0 aliphatic rings. The predicted molar refractivity (Wildman–Crippen MR) is 111 cm³/mol. The van der Waals surface area contributed by atoms with Crippen LogP contribution in [0.3, 0.4) is 0 Å². The summed E-state index contributed by atoms with van der Waals surface area (Å²) in [5.41, 5.74) is 0.507. The lowest BCUT2D eigenvalue weighted by atomic mass is 10.1. The second-order valence-corrected chi connectivity index (χ2v) is 7.34. The molecule has 0 bridgehead atoms. The third kappa shape index (κ3) is 4.89. The van der Waals surface area contributed by atoms with Gasteiger partial charge in [0.1, 0.15) is 5.82 Å². The van der Waals surface area contributed by atoms with Crippen LogP contribution >= 0.6 is 11.6 Å². The quantitative estimate of drug-likeness (QED) is 0.568. The van der Waals surface area contributed by atoms with Gasteiger partial charge in [0, 0.05) is 24.5 Å². The predicted octanol–water partition coefficient (Wildman–Crippen LogP) is 4.95. The first kappa shape index (κ1) is 21.4. The van der Waals surface area contributed by atoms with Crippen molar-refractivity contribution in [2.45, 2.75) is 72.4 Å². The molecule has 0 saturated heterocycles. The van der Waals surface area contributed by atoms with Gasteiger partial charge in [-0.25, -0.2) is 4.98 Å². The molecular formula is C21H30ClN3O2. The van der Waals surface area contributed by atoms with Crippen molar-refractivity contribution in [3.05, 3.63) is 39.4 Å². The van der Waals surface area contributed by atoms with E-state index in [1.54, 1.807) is 22.8 Å². The van der Waals surface area contributed by atoms with E-state index in [2.05, 4.69) is 13.8 Å². The summed E-state index contributed by atoms with van der Waals surface area (Å²) in [7, 11) is 0. The molecule has 2 aromatic rings. The minimum atomic E-state index is -0.258. The van der Waals surface area contributed by atoms with Crippen LogP contribution in [0.2, 0.25) is 5.02 Å². The first-order valence-electron chi connectivity index (χ1n) is 9.93. The summed E-state index contributed by atoms with van der Waals surface area (Å²) in [5, 5.41) is 1.03. The van der Waals surface area contributed by atoms with Crippen molar-refractivity contribution in [1.29, 1.82) is 0 Å². The molecule has 1 aromatic heterocycles. The molecule has 1 heterocycles. The molecule has 27 heavy (non-hydrogen) atoms. The molecule has 0 saturated carbocycles. The van der Waals surface area contributed by atoms with Gasteiger partial charge in [0.2, 0.25) is 5.91 Å². The Morgan fingerprint density at radius 2 is 1.96 bits per heavy atom. The topological polar surface area (TPSA) is 55.2 Å². The molecule has 0 aliphatic heterocycles. The van der Waals surface area contributed by atoms with Gasteiger partial charge in [-0.3, -0.25) is 14.2 Å². The zero-order valence-electron chi connectivity index (χ0n) is 16.8. The first-order valence-corrected chi connectivity index (χ1v) is 10.3. The molecule has 1 amide bonds. The lowest BCUT2D eigenvalue weighted by molar-refractivity contribution is -0.133. The van der Waals surface area contributed by atoms with E-state index in [4.69, 9.17) is 16.6 Å². The van der Waals surface area contributed by atoms with E-state index < -0.39 is 0 Å². The molecular weight excluding hydrogens is 362 g/mol. The van der Waals surface area contributed by atoms with Crippen LogP contribution in [-0.4, -0.2) is 26.9 Å². The molecule has 0 N–H and O–H groups in total. The van der Waals surface area contributed by atoms with Crippen LogP contribution in [0, 0.1) is 0 Å². The zero-order chi connectivity index (χ0) is 20.0. The smallest absolute Gasteiger partial charge is 0.261 e. The molecule has 1 atom stereocenters. The molecule has 148 valence electrons. The Kier molecular flexibility index (Phi) is 7.84. The maximum Gasteiger partial charge on any atom is 0.261 e. The number of halogens is 1. The van der Waals surface area contributed by atoms with E-state index >= 15 is 0 Å². The molecule has 6 heteroatoms. The standard InChI is InChI=1S/C21H30ClN3O2/c1-5-8-9-10-19(26)25(13-6-2)15(4)20-23-18-12-11-16(22)14-17(18)21(27)24(20)7-3/h11-12,14-15H,5-10,13H2,1-4H3. The normalized spacial score (nSPS) is 12.3. The number of hydrogen-bond donors (Lipinski definition) is 0. The zero-order valence-corrected chi connectivity index (χ0v) is 17.6. The molecule has 1 aromatic carbocycles. The number of unbranched alkanes of at least 4 members (excludes halogenated alkanes) is 2. The summed E-state index contributed by atoms with van der Waals surface area (Å²) in [4.78, 5) is 32.4. The number of rotatable bonds is 9. The number of hydrogen-bond acceptors (Lipinski definition) is 3. The molecule has 1 unspecified atom stereocenters. The fourth-order valence-electron chi connectivity index (χ4n) is 3.42. The maximum atomic E-state index is 13.0. The number of nitrogens with zero attached hydrogens (tertiary/aromatic N) is 3. The Balaban J connectivity index is 2.46. The highest BCUT2D eigenvalue weighted by atomic mass is 35.5. The average molecular weight is 392 g/mol. The van der Waals surface area contributed by atoms with E-state index in [1.165, 1.54) is 0 Å². The summed E-state index contributed by atoms with van der Waals surface area (Å²) in [5.74, 6) is 0.764. The van der Waals surface area contributed by atoms with Gasteiger partial charge in [0.05, 0.1) is 16.9 Å². The number of carbonyl (C=O) groups is 1. The second kappa shape index (κ2) is 9.88. The van der Waals surface area contributed by atoms with Crippen molar-refractivity contribution < 1.29 is 4.79 Å². The minimum absolute atomic E-state index is 0.110. The first-order chi connectivity index (χ1) is 12.9. The fraction of sp³-hybridized carbons (Fsp3) is 0.571. The maximum absolute atomic E-state index is 13.0. The van der Waals surface area contributed by atoms with Crippen molar-refractivity contribution in [2.24, 2.45) is 0 Å². The monoisotopic (exact) mass is 391 g/mol. The molecule has 0 spiro atoms. The van der Waals surface area contributed by atoms with Crippen LogP contribution < -0.4 is 5.56 Å². The number of aromatic nitrogens is 2. The summed E-state index contributed by atoms with van der Waals surface area (Å²) in [6.07, 6.45) is 4.43. The Bertz CT molecular complexity index is 847. The van der Waals surface area contributed by atoms with Crippen molar-refractivity contribution >= 4 is 28.4 Å². The summed E-state index contributed by atoms with van der Waals surface area (Å²) >= 11 is 6.05. The lowest BCUT2D eigenvalue weighted by Gasteiger charge is -2.30. The van der Waals surface area contributed by atoms with Gasteiger partial charge >= 0.3 is 0 Å².